The molecule has 1 radical (unpaired) electrons. The van der Waals surface area contributed by atoms with Gasteiger partial charge in [0.1, 0.15) is 22.2 Å². The predicted molar refractivity (Wildman–Crippen MR) is 126 cm³/mol. The Morgan fingerprint density at radius 2 is 1.95 bits per heavy atom. The fourth-order valence-electron chi connectivity index (χ4n) is 4.07. The molecule has 0 fully saturated rings. The third kappa shape index (κ3) is 4.29. The van der Waals surface area contributed by atoms with E-state index >= 15 is 0 Å². The number of carbonyl (C=O) groups excluding carboxylic acids is 1. The SMILES string of the molecule is CC1(c2c(-c3c(F)cccc3Cl)noc2-c2cnn(-c3cccc(F)c3)c2C(F)(F)F)NC([C]=O)=CS1. The lowest BCUT2D eigenvalue weighted by atomic mass is 9.96. The fraction of sp³-hybridized carbons (Fsp3) is 0.125. The first-order chi connectivity index (χ1) is 17.5. The number of nitrogens with one attached hydrogen (secondary N) is 1. The van der Waals surface area contributed by atoms with Gasteiger partial charge in [0.05, 0.1) is 39.3 Å². The summed E-state index contributed by atoms with van der Waals surface area (Å²) in [6.07, 6.45) is -2.40. The zero-order valence-electron chi connectivity index (χ0n) is 18.5. The predicted octanol–water partition coefficient (Wildman–Crippen LogP) is 6.60. The van der Waals surface area contributed by atoms with Crippen molar-refractivity contribution >= 4 is 29.6 Å². The van der Waals surface area contributed by atoms with E-state index in [1.54, 1.807) is 13.2 Å². The smallest absolute Gasteiger partial charge is 0.363 e. The monoisotopic (exact) mass is 551 g/mol. The molecule has 2 aromatic heterocycles. The molecule has 4 aromatic rings. The van der Waals surface area contributed by atoms with Gasteiger partial charge in [0, 0.05) is 5.41 Å². The number of benzene rings is 2. The Kier molecular flexibility index (Phi) is 6.11. The van der Waals surface area contributed by atoms with Crippen LogP contribution in [-0.4, -0.2) is 21.2 Å². The van der Waals surface area contributed by atoms with E-state index in [0.29, 0.717) is 4.68 Å². The number of hydrogen-bond acceptors (Lipinski definition) is 6. The molecule has 3 heterocycles. The lowest BCUT2D eigenvalue weighted by Gasteiger charge is -2.26. The standard InChI is InChI=1S/C24H13ClF5N4O2S/c1-23(32-13(10-35)11-37-23)19-20(18-16(25)6-3-7-17(18)27)33-36-21(19)15-9-31-34(22(15)24(28,29)30)14-5-2-4-12(26)8-14/h2-9,11,32H,1H3. The van der Waals surface area contributed by atoms with Crippen molar-refractivity contribution in [2.24, 2.45) is 0 Å². The van der Waals surface area contributed by atoms with Crippen LogP contribution in [-0.2, 0) is 15.8 Å². The zero-order chi connectivity index (χ0) is 26.5. The van der Waals surface area contributed by atoms with E-state index in [1.165, 1.54) is 29.7 Å². The third-order valence-electron chi connectivity index (χ3n) is 5.60. The van der Waals surface area contributed by atoms with Crippen molar-refractivity contribution in [1.82, 2.24) is 20.3 Å². The molecule has 0 saturated heterocycles. The minimum Gasteiger partial charge on any atom is -0.363 e. The molecule has 2 aromatic carbocycles. The molecule has 0 spiro atoms. The first kappa shape index (κ1) is 25.0. The highest BCUT2D eigenvalue weighted by Gasteiger charge is 2.45. The molecule has 0 saturated carbocycles. The normalized spacial score (nSPS) is 17.5. The molecule has 189 valence electrons. The second-order valence-corrected chi connectivity index (χ2v) is 9.73. The van der Waals surface area contributed by atoms with Crippen molar-refractivity contribution in [3.05, 3.63) is 87.7 Å². The highest BCUT2D eigenvalue weighted by atomic mass is 35.5. The van der Waals surface area contributed by atoms with Gasteiger partial charge < -0.3 is 9.84 Å². The van der Waals surface area contributed by atoms with Gasteiger partial charge >= 0.3 is 6.18 Å². The number of thioether (sulfide) groups is 1. The van der Waals surface area contributed by atoms with Gasteiger partial charge in [0.15, 0.2) is 11.5 Å². The van der Waals surface area contributed by atoms with E-state index < -0.39 is 39.7 Å². The maximum Gasteiger partial charge on any atom is 0.434 e. The number of halogens is 6. The Morgan fingerprint density at radius 1 is 1.19 bits per heavy atom. The maximum atomic E-state index is 14.9. The highest BCUT2D eigenvalue weighted by molar-refractivity contribution is 8.03. The van der Waals surface area contributed by atoms with Gasteiger partial charge in [-0.05, 0) is 37.3 Å². The zero-order valence-corrected chi connectivity index (χ0v) is 20.1. The minimum absolute atomic E-state index is 0.0182. The van der Waals surface area contributed by atoms with Gasteiger partial charge in [0.2, 0.25) is 0 Å². The lowest BCUT2D eigenvalue weighted by Crippen LogP contribution is -2.32. The van der Waals surface area contributed by atoms with Crippen LogP contribution in [0.4, 0.5) is 22.0 Å². The van der Waals surface area contributed by atoms with Crippen LogP contribution < -0.4 is 5.32 Å². The molecule has 1 unspecified atom stereocenters. The van der Waals surface area contributed by atoms with Crippen molar-refractivity contribution in [3.63, 3.8) is 0 Å². The quantitative estimate of drug-likeness (QED) is 0.282. The van der Waals surface area contributed by atoms with Gasteiger partial charge in [-0.2, -0.15) is 18.3 Å². The second kappa shape index (κ2) is 9.03. The summed E-state index contributed by atoms with van der Waals surface area (Å²) in [5.41, 5.74) is -2.36. The lowest BCUT2D eigenvalue weighted by molar-refractivity contribution is -0.142. The summed E-state index contributed by atoms with van der Waals surface area (Å²) in [5, 5.41) is 12.0. The number of rotatable bonds is 5. The van der Waals surface area contributed by atoms with Crippen molar-refractivity contribution in [2.45, 2.75) is 18.0 Å². The van der Waals surface area contributed by atoms with Crippen LogP contribution in [0.15, 0.2) is 64.3 Å². The van der Waals surface area contributed by atoms with Crippen molar-refractivity contribution in [1.29, 1.82) is 0 Å². The van der Waals surface area contributed by atoms with Crippen LogP contribution in [0.1, 0.15) is 18.2 Å². The first-order valence-corrected chi connectivity index (χ1v) is 11.7. The Bertz CT molecular complexity index is 1540. The largest absolute Gasteiger partial charge is 0.434 e. The number of allylic oxidation sites excluding steroid dienone is 1. The van der Waals surface area contributed by atoms with Gasteiger partial charge in [-0.3, -0.25) is 4.79 Å². The van der Waals surface area contributed by atoms with Crippen LogP contribution >= 0.6 is 23.4 Å². The molecule has 37 heavy (non-hydrogen) atoms. The van der Waals surface area contributed by atoms with Gasteiger partial charge in [0.25, 0.3) is 6.29 Å². The number of nitrogens with zero attached hydrogens (tertiary/aromatic N) is 3. The molecule has 1 aliphatic rings. The van der Waals surface area contributed by atoms with Gasteiger partial charge in [-0.25, -0.2) is 13.5 Å². The Morgan fingerprint density at radius 3 is 2.59 bits per heavy atom. The summed E-state index contributed by atoms with van der Waals surface area (Å²) in [6, 6.07) is 8.34. The van der Waals surface area contributed by atoms with Crippen LogP contribution in [0.25, 0.3) is 28.3 Å². The molecule has 0 aliphatic carbocycles. The number of alkyl halides is 3. The molecule has 5 rings (SSSR count). The van der Waals surface area contributed by atoms with Gasteiger partial charge in [-0.15, -0.1) is 0 Å². The molecule has 6 nitrogen and oxygen atoms in total. The molecule has 1 N–H and O–H groups in total. The Hall–Kier alpha value is -3.64. The molecule has 1 atom stereocenters. The van der Waals surface area contributed by atoms with Gasteiger partial charge in [-0.1, -0.05) is 40.7 Å². The van der Waals surface area contributed by atoms with Crippen LogP contribution in [0.2, 0.25) is 5.02 Å². The van der Waals surface area contributed by atoms with E-state index in [9.17, 15) is 26.7 Å². The minimum atomic E-state index is -4.98. The van der Waals surface area contributed by atoms with Crippen molar-refractivity contribution in [3.8, 4) is 28.3 Å². The summed E-state index contributed by atoms with van der Waals surface area (Å²) in [6.45, 7) is 1.55. The Labute approximate surface area is 215 Å². The second-order valence-electron chi connectivity index (χ2n) is 8.04. The summed E-state index contributed by atoms with van der Waals surface area (Å²) in [4.78, 5) is 9.93. The molecule has 0 amide bonds. The Balaban J connectivity index is 1.80. The van der Waals surface area contributed by atoms with Crippen molar-refractivity contribution < 1.29 is 31.3 Å². The molecular formula is C24H13ClF5N4O2S. The van der Waals surface area contributed by atoms with E-state index in [2.05, 4.69) is 15.6 Å². The van der Waals surface area contributed by atoms with Crippen molar-refractivity contribution in [2.75, 3.05) is 0 Å². The average molecular weight is 552 g/mol. The van der Waals surface area contributed by atoms with E-state index in [4.69, 9.17) is 16.1 Å². The van der Waals surface area contributed by atoms with Crippen LogP contribution in [0.5, 0.6) is 0 Å². The van der Waals surface area contributed by atoms with Crippen LogP contribution in [0.3, 0.4) is 0 Å². The average Bonchev–Trinajstić information content (AvgIpc) is 3.55. The summed E-state index contributed by atoms with van der Waals surface area (Å²) < 4.78 is 77.9. The number of aromatic nitrogens is 3. The van der Waals surface area contributed by atoms with Crippen LogP contribution in [0, 0.1) is 11.6 Å². The molecular weight excluding hydrogens is 539 g/mol. The summed E-state index contributed by atoms with van der Waals surface area (Å²) >= 11 is 7.27. The molecule has 1 aliphatic heterocycles. The fourth-order valence-corrected chi connectivity index (χ4v) is 5.26. The van der Waals surface area contributed by atoms with E-state index in [-0.39, 0.29) is 33.2 Å². The number of hydrogen-bond donors (Lipinski definition) is 1. The van der Waals surface area contributed by atoms with E-state index in [0.717, 1.165) is 36.2 Å². The third-order valence-corrected chi connectivity index (χ3v) is 7.05. The van der Waals surface area contributed by atoms with E-state index in [1.807, 2.05) is 0 Å². The first-order valence-electron chi connectivity index (χ1n) is 10.4. The highest BCUT2D eigenvalue weighted by Crippen LogP contribution is 2.51. The summed E-state index contributed by atoms with van der Waals surface area (Å²) in [5.74, 6) is -1.95. The molecule has 0 bridgehead atoms. The maximum absolute atomic E-state index is 14.9. The molecule has 13 heteroatoms. The summed E-state index contributed by atoms with van der Waals surface area (Å²) in [7, 11) is 0. The topological polar surface area (TPSA) is 73.0 Å².